The van der Waals surface area contributed by atoms with E-state index < -0.39 is 0 Å². The molecular formula is C21H19N5O2. The van der Waals surface area contributed by atoms with E-state index in [-0.39, 0.29) is 11.6 Å². The Bertz CT molecular complexity index is 1010. The molecule has 0 saturated heterocycles. The molecule has 2 aromatic carbocycles. The Balaban J connectivity index is 1.61. The van der Waals surface area contributed by atoms with Crippen LogP contribution in [-0.2, 0) is 6.42 Å². The van der Waals surface area contributed by atoms with Crippen molar-refractivity contribution in [2.24, 2.45) is 0 Å². The van der Waals surface area contributed by atoms with E-state index in [4.69, 9.17) is 10.00 Å². The van der Waals surface area contributed by atoms with Gasteiger partial charge < -0.3 is 15.4 Å². The number of amides is 1. The fourth-order valence-corrected chi connectivity index (χ4v) is 2.62. The van der Waals surface area contributed by atoms with Crippen LogP contribution in [0.1, 0.15) is 21.6 Å². The van der Waals surface area contributed by atoms with Crippen molar-refractivity contribution in [2.45, 2.75) is 6.42 Å². The predicted octanol–water partition coefficient (Wildman–Crippen LogP) is 3.07. The Morgan fingerprint density at radius 1 is 1.14 bits per heavy atom. The Hall–Kier alpha value is -3.92. The fourth-order valence-electron chi connectivity index (χ4n) is 2.62. The number of nitrogens with one attached hydrogen (secondary N) is 2. The molecule has 28 heavy (non-hydrogen) atoms. The molecule has 1 aromatic heterocycles. The molecule has 3 rings (SSSR count). The lowest BCUT2D eigenvalue weighted by Crippen LogP contribution is -2.26. The highest BCUT2D eigenvalue weighted by molar-refractivity contribution is 5.93. The molecule has 0 radical (unpaired) electrons. The molecule has 0 fully saturated rings. The maximum atomic E-state index is 12.4. The van der Waals surface area contributed by atoms with Crippen molar-refractivity contribution in [3.8, 4) is 11.8 Å². The van der Waals surface area contributed by atoms with Crippen molar-refractivity contribution >= 4 is 17.4 Å². The molecule has 140 valence electrons. The molecule has 1 heterocycles. The molecule has 2 N–H and O–H groups in total. The summed E-state index contributed by atoms with van der Waals surface area (Å²) in [6, 6.07) is 18.4. The van der Waals surface area contributed by atoms with Crippen LogP contribution in [0.3, 0.4) is 0 Å². The second-order valence-corrected chi connectivity index (χ2v) is 5.93. The second-order valence-electron chi connectivity index (χ2n) is 5.93. The van der Waals surface area contributed by atoms with Crippen LogP contribution in [0, 0.1) is 11.3 Å². The van der Waals surface area contributed by atoms with Crippen LogP contribution >= 0.6 is 0 Å². The van der Waals surface area contributed by atoms with Crippen LogP contribution in [0.15, 0.2) is 60.9 Å². The van der Waals surface area contributed by atoms with Crippen molar-refractivity contribution in [1.29, 1.82) is 5.26 Å². The topological polar surface area (TPSA) is 99.9 Å². The Morgan fingerprint density at radius 3 is 2.82 bits per heavy atom. The molecule has 7 nitrogen and oxygen atoms in total. The van der Waals surface area contributed by atoms with Gasteiger partial charge in [0.05, 0.1) is 18.4 Å². The van der Waals surface area contributed by atoms with Crippen molar-refractivity contribution in [3.05, 3.63) is 77.7 Å². The number of carbonyl (C=O) groups excluding carboxylic acids is 1. The maximum Gasteiger partial charge on any atom is 0.270 e. The SMILES string of the molecule is COc1cccc(CCNC(=O)c2cc(Nc3ccccc3C#N)ncn2)c1. The molecule has 0 unspecified atom stereocenters. The van der Waals surface area contributed by atoms with Gasteiger partial charge in [-0.25, -0.2) is 9.97 Å². The van der Waals surface area contributed by atoms with Gasteiger partial charge in [0, 0.05) is 12.6 Å². The van der Waals surface area contributed by atoms with E-state index >= 15 is 0 Å². The van der Waals surface area contributed by atoms with Gasteiger partial charge in [-0.2, -0.15) is 5.26 Å². The summed E-state index contributed by atoms with van der Waals surface area (Å²) < 4.78 is 5.20. The average Bonchev–Trinajstić information content (AvgIpc) is 2.74. The molecule has 1 amide bonds. The van der Waals surface area contributed by atoms with Gasteiger partial charge in [-0.1, -0.05) is 24.3 Å². The zero-order valence-electron chi connectivity index (χ0n) is 15.3. The van der Waals surface area contributed by atoms with Crippen molar-refractivity contribution in [1.82, 2.24) is 15.3 Å². The van der Waals surface area contributed by atoms with Crippen LogP contribution in [0.2, 0.25) is 0 Å². The van der Waals surface area contributed by atoms with Gasteiger partial charge >= 0.3 is 0 Å². The number of rotatable bonds is 7. The first-order valence-electron chi connectivity index (χ1n) is 8.69. The first-order chi connectivity index (χ1) is 13.7. The molecule has 0 aliphatic heterocycles. The maximum absolute atomic E-state index is 12.4. The first kappa shape index (κ1) is 18.9. The van der Waals surface area contributed by atoms with Crippen LogP contribution in [-0.4, -0.2) is 29.5 Å². The largest absolute Gasteiger partial charge is 0.497 e. The third-order valence-corrected chi connectivity index (χ3v) is 4.04. The lowest BCUT2D eigenvalue weighted by atomic mass is 10.1. The van der Waals surface area contributed by atoms with Crippen molar-refractivity contribution in [3.63, 3.8) is 0 Å². The van der Waals surface area contributed by atoms with Gasteiger partial charge in [-0.3, -0.25) is 4.79 Å². The third-order valence-electron chi connectivity index (χ3n) is 4.04. The zero-order valence-corrected chi connectivity index (χ0v) is 15.3. The number of aromatic nitrogens is 2. The van der Waals surface area contributed by atoms with Crippen molar-refractivity contribution < 1.29 is 9.53 Å². The number of methoxy groups -OCH3 is 1. The van der Waals surface area contributed by atoms with E-state index in [1.807, 2.05) is 30.3 Å². The summed E-state index contributed by atoms with van der Waals surface area (Å²) in [7, 11) is 1.62. The highest BCUT2D eigenvalue weighted by atomic mass is 16.5. The molecule has 0 spiro atoms. The number of hydrogen-bond donors (Lipinski definition) is 2. The number of anilines is 2. The molecule has 0 aliphatic carbocycles. The number of benzene rings is 2. The molecule has 0 saturated carbocycles. The smallest absolute Gasteiger partial charge is 0.270 e. The normalized spacial score (nSPS) is 10.0. The fraction of sp³-hybridized carbons (Fsp3) is 0.143. The summed E-state index contributed by atoms with van der Waals surface area (Å²) in [6.07, 6.45) is 1.99. The van der Waals surface area contributed by atoms with E-state index in [0.29, 0.717) is 30.0 Å². The lowest BCUT2D eigenvalue weighted by molar-refractivity contribution is 0.0949. The highest BCUT2D eigenvalue weighted by Crippen LogP contribution is 2.18. The minimum atomic E-state index is -0.290. The standard InChI is InChI=1S/C21H19N5O2/c1-28-17-7-4-5-15(11-17)9-10-23-21(27)19-12-20(25-14-24-19)26-18-8-3-2-6-16(18)13-22/h2-8,11-12,14H,9-10H2,1H3,(H,23,27)(H,24,25,26). The predicted molar refractivity (Wildman–Crippen MR) is 106 cm³/mol. The van der Waals surface area contributed by atoms with Crippen LogP contribution < -0.4 is 15.4 Å². The summed E-state index contributed by atoms with van der Waals surface area (Å²) >= 11 is 0. The van der Waals surface area contributed by atoms with E-state index in [9.17, 15) is 4.79 Å². The summed E-state index contributed by atoms with van der Waals surface area (Å²) in [5.74, 6) is 0.936. The van der Waals surface area contributed by atoms with E-state index in [1.165, 1.54) is 6.33 Å². The van der Waals surface area contributed by atoms with Crippen LogP contribution in [0.25, 0.3) is 0 Å². The van der Waals surface area contributed by atoms with Gasteiger partial charge in [0.15, 0.2) is 0 Å². The van der Waals surface area contributed by atoms with E-state index in [0.717, 1.165) is 11.3 Å². The Labute approximate surface area is 163 Å². The van der Waals surface area contributed by atoms with Crippen molar-refractivity contribution in [2.75, 3.05) is 19.0 Å². The minimum Gasteiger partial charge on any atom is -0.497 e. The number of nitrogens with zero attached hydrogens (tertiary/aromatic N) is 3. The molecule has 3 aromatic rings. The lowest BCUT2D eigenvalue weighted by Gasteiger charge is -2.09. The number of hydrogen-bond acceptors (Lipinski definition) is 6. The summed E-state index contributed by atoms with van der Waals surface area (Å²) in [4.78, 5) is 20.5. The number of carbonyl (C=O) groups is 1. The van der Waals surface area contributed by atoms with Crippen LogP contribution in [0.4, 0.5) is 11.5 Å². The Kier molecular flexibility index (Phi) is 6.16. The van der Waals surface area contributed by atoms with Gasteiger partial charge in [-0.15, -0.1) is 0 Å². The quantitative estimate of drug-likeness (QED) is 0.660. The van der Waals surface area contributed by atoms with Gasteiger partial charge in [0.25, 0.3) is 5.91 Å². The minimum absolute atomic E-state index is 0.248. The van der Waals surface area contributed by atoms with Gasteiger partial charge in [0.2, 0.25) is 0 Å². The Morgan fingerprint density at radius 2 is 2.00 bits per heavy atom. The molecule has 7 heteroatoms. The summed E-state index contributed by atoms with van der Waals surface area (Å²) in [5.41, 5.74) is 2.42. The zero-order chi connectivity index (χ0) is 19.8. The van der Waals surface area contributed by atoms with Gasteiger partial charge in [0.1, 0.15) is 29.7 Å². The molecular weight excluding hydrogens is 354 g/mol. The number of ether oxygens (including phenoxy) is 1. The highest BCUT2D eigenvalue weighted by Gasteiger charge is 2.10. The molecule has 0 atom stereocenters. The van der Waals surface area contributed by atoms with Gasteiger partial charge in [-0.05, 0) is 36.2 Å². The van der Waals surface area contributed by atoms with E-state index in [1.54, 1.807) is 31.4 Å². The first-order valence-corrected chi connectivity index (χ1v) is 8.69. The molecule has 0 bridgehead atoms. The van der Waals surface area contributed by atoms with E-state index in [2.05, 4.69) is 26.7 Å². The summed E-state index contributed by atoms with van der Waals surface area (Å²) in [6.45, 7) is 0.468. The molecule has 0 aliphatic rings. The number of para-hydroxylation sites is 1. The number of nitriles is 1. The third kappa shape index (κ3) is 4.83. The monoisotopic (exact) mass is 373 g/mol. The average molecular weight is 373 g/mol. The summed E-state index contributed by atoms with van der Waals surface area (Å²) in [5, 5.41) is 15.1. The second kappa shape index (κ2) is 9.14. The van der Waals surface area contributed by atoms with Crippen LogP contribution in [0.5, 0.6) is 5.75 Å².